The van der Waals surface area contributed by atoms with Crippen LogP contribution in [0.4, 0.5) is 5.82 Å². The van der Waals surface area contributed by atoms with Crippen molar-refractivity contribution in [2.45, 2.75) is 37.6 Å². The number of carboxylic acids is 1. The van der Waals surface area contributed by atoms with Crippen molar-refractivity contribution in [3.8, 4) is 5.75 Å². The van der Waals surface area contributed by atoms with Gasteiger partial charge in [-0.3, -0.25) is 4.57 Å². The molecule has 1 saturated heterocycles. The lowest BCUT2D eigenvalue weighted by Gasteiger charge is -2.17. The molecule has 4 aromatic rings. The molecule has 2 aromatic heterocycles. The molecule has 1 fully saturated rings. The fourth-order valence-electron chi connectivity index (χ4n) is 4.10. The molecule has 0 aliphatic carbocycles. The van der Waals surface area contributed by atoms with Gasteiger partial charge in [-0.1, -0.05) is 35.3 Å². The van der Waals surface area contributed by atoms with Gasteiger partial charge in [0.25, 0.3) is 0 Å². The summed E-state index contributed by atoms with van der Waals surface area (Å²) in [5.74, 6) is -0.217. The number of aliphatic carboxylic acids is 1. The predicted molar refractivity (Wildman–Crippen MR) is 135 cm³/mol. The average Bonchev–Trinajstić information content (AvgIpc) is 3.43. The van der Waals surface area contributed by atoms with Crippen molar-refractivity contribution in [2.24, 2.45) is 5.73 Å². The highest BCUT2D eigenvalue weighted by atomic mass is 35.5. The first-order chi connectivity index (χ1) is 17.8. The van der Waals surface area contributed by atoms with Crippen molar-refractivity contribution in [3.05, 3.63) is 76.3 Å². The lowest BCUT2D eigenvalue weighted by molar-refractivity contribution is -0.152. The van der Waals surface area contributed by atoms with Gasteiger partial charge in [0, 0.05) is 22.2 Å². The van der Waals surface area contributed by atoms with Gasteiger partial charge in [-0.25, -0.2) is 19.7 Å². The molecular weight excluding hydrogens is 523 g/mol. The van der Waals surface area contributed by atoms with Gasteiger partial charge in [0.05, 0.1) is 12.4 Å². The summed E-state index contributed by atoms with van der Waals surface area (Å²) < 4.78 is 13.0. The van der Waals surface area contributed by atoms with Crippen LogP contribution in [0, 0.1) is 0 Å². The summed E-state index contributed by atoms with van der Waals surface area (Å²) in [5.41, 5.74) is 8.28. The number of fused-ring (bicyclic) bond motifs is 1. The van der Waals surface area contributed by atoms with Crippen LogP contribution >= 0.6 is 23.2 Å². The van der Waals surface area contributed by atoms with E-state index >= 15 is 0 Å². The van der Waals surface area contributed by atoms with E-state index in [2.05, 4.69) is 20.3 Å². The zero-order chi connectivity index (χ0) is 26.1. The number of benzene rings is 2. The number of aromatic nitrogens is 4. The van der Waals surface area contributed by atoms with Crippen LogP contribution in [0.25, 0.3) is 11.2 Å². The van der Waals surface area contributed by atoms with E-state index in [9.17, 15) is 15.0 Å². The molecule has 0 amide bonds. The van der Waals surface area contributed by atoms with Crippen molar-refractivity contribution in [1.82, 2.24) is 19.5 Å². The number of halogens is 2. The van der Waals surface area contributed by atoms with Crippen LogP contribution in [0.15, 0.2) is 55.1 Å². The van der Waals surface area contributed by atoms with Crippen molar-refractivity contribution >= 4 is 46.2 Å². The first kappa shape index (κ1) is 25.2. The SMILES string of the molecule is NC1C(C(=O)O)OC(n2cnc3c(NCc4cc(Cl)ccc4OCc4cccc(Cl)c4)ncnc32)C1O. The van der Waals surface area contributed by atoms with E-state index in [4.69, 9.17) is 38.4 Å². The summed E-state index contributed by atoms with van der Waals surface area (Å²) in [4.78, 5) is 24.3. The molecule has 0 bridgehead atoms. The Hall–Kier alpha value is -3.48. The molecule has 0 radical (unpaired) electrons. The van der Waals surface area contributed by atoms with E-state index in [1.165, 1.54) is 17.2 Å². The summed E-state index contributed by atoms with van der Waals surface area (Å²) in [6.07, 6.45) is -0.967. The first-order valence-corrected chi connectivity index (χ1v) is 12.0. The number of carboxylic acid groups (broad SMARTS) is 1. The zero-order valence-corrected chi connectivity index (χ0v) is 20.7. The van der Waals surface area contributed by atoms with Crippen LogP contribution in [0.3, 0.4) is 0 Å². The van der Waals surface area contributed by atoms with Crippen molar-refractivity contribution in [1.29, 1.82) is 0 Å². The number of nitrogens with zero attached hydrogens (tertiary/aromatic N) is 4. The molecule has 192 valence electrons. The second kappa shape index (κ2) is 10.5. The normalized spacial score (nSPS) is 21.3. The first-order valence-electron chi connectivity index (χ1n) is 11.2. The van der Waals surface area contributed by atoms with Gasteiger partial charge in [0.15, 0.2) is 29.3 Å². The third-order valence-corrected chi connectivity index (χ3v) is 6.42. The summed E-state index contributed by atoms with van der Waals surface area (Å²) in [6, 6.07) is 11.6. The molecule has 2 aromatic carbocycles. The second-order valence-electron chi connectivity index (χ2n) is 8.42. The lowest BCUT2D eigenvalue weighted by atomic mass is 10.1. The number of hydrogen-bond acceptors (Lipinski definition) is 9. The Morgan fingerprint density at radius 1 is 1.16 bits per heavy atom. The minimum absolute atomic E-state index is 0.304. The van der Waals surface area contributed by atoms with Crippen LogP contribution in [0.1, 0.15) is 17.4 Å². The van der Waals surface area contributed by atoms with E-state index in [1.54, 1.807) is 24.3 Å². The highest BCUT2D eigenvalue weighted by molar-refractivity contribution is 6.30. The maximum absolute atomic E-state index is 11.4. The third kappa shape index (κ3) is 5.17. The standard InChI is InChI=1S/C24H22Cl2N6O5/c25-14-3-1-2-12(6-14)9-36-16-5-4-15(26)7-13(16)8-28-21-18-22(30-10-29-21)32(11-31-18)23-19(33)17(27)20(37-23)24(34)35/h1-7,10-11,17,19-20,23,33H,8-9,27H2,(H,34,35)(H,28,29,30). The summed E-state index contributed by atoms with van der Waals surface area (Å²) in [5, 5.41) is 24.2. The molecule has 13 heteroatoms. The number of imidazole rings is 1. The number of rotatable bonds is 8. The molecule has 0 spiro atoms. The maximum atomic E-state index is 11.4. The highest BCUT2D eigenvalue weighted by Gasteiger charge is 2.46. The van der Waals surface area contributed by atoms with E-state index in [-0.39, 0.29) is 0 Å². The molecule has 1 aliphatic rings. The molecule has 3 heterocycles. The quantitative estimate of drug-likeness (QED) is 0.259. The number of nitrogens with two attached hydrogens (primary N) is 1. The van der Waals surface area contributed by atoms with Crippen LogP contribution in [0.5, 0.6) is 5.75 Å². The number of carbonyl (C=O) groups is 1. The van der Waals surface area contributed by atoms with E-state index in [0.717, 1.165) is 11.1 Å². The topological polar surface area (TPSA) is 158 Å². The Labute approximate surface area is 220 Å². The van der Waals surface area contributed by atoms with E-state index in [1.807, 2.05) is 18.2 Å². The predicted octanol–water partition coefficient (Wildman–Crippen LogP) is 2.99. The zero-order valence-electron chi connectivity index (χ0n) is 19.2. The number of aliphatic hydroxyl groups excluding tert-OH is 1. The van der Waals surface area contributed by atoms with Gasteiger partial charge in [-0.05, 0) is 35.9 Å². The molecule has 1 aliphatic heterocycles. The molecule has 11 nitrogen and oxygen atoms in total. The molecule has 37 heavy (non-hydrogen) atoms. The summed E-state index contributed by atoms with van der Waals surface area (Å²) in [6.45, 7) is 0.624. The molecular formula is C24H22Cl2N6O5. The largest absolute Gasteiger partial charge is 0.489 e. The molecule has 4 unspecified atom stereocenters. The van der Waals surface area contributed by atoms with E-state index in [0.29, 0.717) is 45.9 Å². The maximum Gasteiger partial charge on any atom is 0.334 e. The average molecular weight is 545 g/mol. The van der Waals surface area contributed by atoms with Crippen LogP contribution in [0.2, 0.25) is 10.0 Å². The number of anilines is 1. The molecule has 5 rings (SSSR count). The van der Waals surface area contributed by atoms with Gasteiger partial charge in [-0.2, -0.15) is 0 Å². The van der Waals surface area contributed by atoms with Gasteiger partial charge in [0.1, 0.15) is 24.8 Å². The van der Waals surface area contributed by atoms with Crippen LogP contribution < -0.4 is 15.8 Å². The van der Waals surface area contributed by atoms with Gasteiger partial charge in [0.2, 0.25) is 0 Å². The number of ether oxygens (including phenoxy) is 2. The fourth-order valence-corrected chi connectivity index (χ4v) is 4.51. The van der Waals surface area contributed by atoms with Crippen molar-refractivity contribution in [2.75, 3.05) is 5.32 Å². The minimum Gasteiger partial charge on any atom is -0.489 e. The summed E-state index contributed by atoms with van der Waals surface area (Å²) >= 11 is 12.3. The smallest absolute Gasteiger partial charge is 0.334 e. The van der Waals surface area contributed by atoms with E-state index < -0.39 is 30.4 Å². The molecule has 0 saturated carbocycles. The molecule has 5 N–H and O–H groups in total. The third-order valence-electron chi connectivity index (χ3n) is 5.95. The monoisotopic (exact) mass is 544 g/mol. The summed E-state index contributed by atoms with van der Waals surface area (Å²) in [7, 11) is 0. The van der Waals surface area contributed by atoms with Crippen molar-refractivity contribution in [3.63, 3.8) is 0 Å². The van der Waals surface area contributed by atoms with Crippen LogP contribution in [-0.4, -0.2) is 54.0 Å². The lowest BCUT2D eigenvalue weighted by Crippen LogP contribution is -2.43. The Bertz CT molecular complexity index is 1450. The number of aliphatic hydroxyl groups is 1. The number of nitrogens with one attached hydrogen (secondary N) is 1. The Balaban J connectivity index is 1.35. The van der Waals surface area contributed by atoms with Crippen molar-refractivity contribution < 1.29 is 24.5 Å². The highest BCUT2D eigenvalue weighted by Crippen LogP contribution is 2.32. The Morgan fingerprint density at radius 3 is 2.73 bits per heavy atom. The minimum atomic E-state index is -1.36. The van der Waals surface area contributed by atoms with Gasteiger partial charge < -0.3 is 30.7 Å². The molecule has 4 atom stereocenters. The van der Waals surface area contributed by atoms with Gasteiger partial charge in [-0.15, -0.1) is 0 Å². The Kier molecular flexibility index (Phi) is 7.13. The van der Waals surface area contributed by atoms with Gasteiger partial charge >= 0.3 is 5.97 Å². The van der Waals surface area contributed by atoms with Crippen LogP contribution in [-0.2, 0) is 22.7 Å². The fraction of sp³-hybridized carbons (Fsp3) is 0.250. The number of hydrogen-bond donors (Lipinski definition) is 4. The second-order valence-corrected chi connectivity index (χ2v) is 9.30. The Morgan fingerprint density at radius 2 is 1.97 bits per heavy atom.